The van der Waals surface area contributed by atoms with Gasteiger partial charge in [0.25, 0.3) is 0 Å². The summed E-state index contributed by atoms with van der Waals surface area (Å²) in [6.45, 7) is 2.15. The molecule has 0 fully saturated rings. The second-order valence-electron chi connectivity index (χ2n) is 5.43. The molecule has 3 rings (SSSR count). The molecule has 0 amide bonds. The molecular formula is C15H14ClIN2O2. The molecule has 21 heavy (non-hydrogen) atoms. The van der Waals surface area contributed by atoms with Crippen LogP contribution in [0.25, 0.3) is 5.69 Å². The zero-order chi connectivity index (χ0) is 15.1. The molecule has 2 aromatic rings. The standard InChI is InChI=1S/C15H14ClIN2O2/c1-8-2-4-12-10(6-8)14(15(20)21)18-19(12)13-5-3-9(16)7-11(13)17/h3,5,7-8H,2,4,6H2,1H3,(H,20,21). The first-order valence-electron chi connectivity index (χ1n) is 6.77. The van der Waals surface area contributed by atoms with Crippen LogP contribution in [-0.4, -0.2) is 20.9 Å². The highest BCUT2D eigenvalue weighted by atomic mass is 127. The van der Waals surface area contributed by atoms with Gasteiger partial charge in [0.05, 0.1) is 5.69 Å². The lowest BCUT2D eigenvalue weighted by Crippen LogP contribution is -2.15. The first-order valence-corrected chi connectivity index (χ1v) is 8.22. The highest BCUT2D eigenvalue weighted by Gasteiger charge is 2.28. The maximum absolute atomic E-state index is 11.5. The molecule has 0 radical (unpaired) electrons. The molecule has 1 aliphatic rings. The predicted octanol–water partition coefficient (Wildman–Crippen LogP) is 3.95. The number of fused-ring (bicyclic) bond motifs is 1. The van der Waals surface area contributed by atoms with Gasteiger partial charge in [-0.2, -0.15) is 5.10 Å². The average molecular weight is 417 g/mol. The van der Waals surface area contributed by atoms with Crippen LogP contribution in [0, 0.1) is 9.49 Å². The largest absolute Gasteiger partial charge is 0.476 e. The molecule has 1 aliphatic carbocycles. The number of rotatable bonds is 2. The fourth-order valence-electron chi connectivity index (χ4n) is 2.81. The van der Waals surface area contributed by atoms with Crippen molar-refractivity contribution in [1.29, 1.82) is 0 Å². The molecule has 0 bridgehead atoms. The second-order valence-corrected chi connectivity index (χ2v) is 7.03. The Hall–Kier alpha value is -1.08. The van der Waals surface area contributed by atoms with E-state index in [4.69, 9.17) is 11.6 Å². The van der Waals surface area contributed by atoms with Crippen molar-refractivity contribution in [2.24, 2.45) is 5.92 Å². The lowest BCUT2D eigenvalue weighted by atomic mass is 9.87. The van der Waals surface area contributed by atoms with Gasteiger partial charge in [0.2, 0.25) is 0 Å². The molecule has 0 aliphatic heterocycles. The van der Waals surface area contributed by atoms with E-state index in [2.05, 4.69) is 34.6 Å². The Kier molecular flexibility index (Phi) is 3.96. The van der Waals surface area contributed by atoms with Crippen molar-refractivity contribution < 1.29 is 9.90 Å². The number of nitrogens with zero attached hydrogens (tertiary/aromatic N) is 2. The summed E-state index contributed by atoms with van der Waals surface area (Å²) in [6.07, 6.45) is 2.69. The molecule has 0 saturated heterocycles. The molecule has 1 unspecified atom stereocenters. The van der Waals surface area contributed by atoms with E-state index >= 15 is 0 Å². The van der Waals surface area contributed by atoms with Crippen LogP contribution in [0.3, 0.4) is 0 Å². The van der Waals surface area contributed by atoms with E-state index < -0.39 is 5.97 Å². The highest BCUT2D eigenvalue weighted by molar-refractivity contribution is 14.1. The Morgan fingerprint density at radius 2 is 2.29 bits per heavy atom. The number of hydrogen-bond donors (Lipinski definition) is 1. The Morgan fingerprint density at radius 1 is 1.52 bits per heavy atom. The third-order valence-corrected chi connectivity index (χ3v) is 4.96. The van der Waals surface area contributed by atoms with E-state index in [-0.39, 0.29) is 5.69 Å². The van der Waals surface area contributed by atoms with Crippen LogP contribution in [0.4, 0.5) is 0 Å². The molecule has 0 spiro atoms. The lowest BCUT2D eigenvalue weighted by Gasteiger charge is -2.20. The van der Waals surface area contributed by atoms with Crippen LogP contribution < -0.4 is 0 Å². The fourth-order valence-corrected chi connectivity index (χ4v) is 3.91. The van der Waals surface area contributed by atoms with E-state index in [9.17, 15) is 9.90 Å². The Labute approximate surface area is 141 Å². The maximum atomic E-state index is 11.5. The summed E-state index contributed by atoms with van der Waals surface area (Å²) in [5.74, 6) is -0.458. The summed E-state index contributed by atoms with van der Waals surface area (Å²) in [6, 6.07) is 5.55. The van der Waals surface area contributed by atoms with Gasteiger partial charge in [-0.1, -0.05) is 18.5 Å². The van der Waals surface area contributed by atoms with Crippen molar-refractivity contribution in [3.63, 3.8) is 0 Å². The van der Waals surface area contributed by atoms with Crippen molar-refractivity contribution in [3.8, 4) is 5.69 Å². The van der Waals surface area contributed by atoms with E-state index in [1.165, 1.54) is 0 Å². The number of hydrogen-bond acceptors (Lipinski definition) is 2. The van der Waals surface area contributed by atoms with Crippen LogP contribution in [0.1, 0.15) is 35.1 Å². The summed E-state index contributed by atoms with van der Waals surface area (Å²) >= 11 is 8.20. The van der Waals surface area contributed by atoms with Crippen molar-refractivity contribution in [1.82, 2.24) is 9.78 Å². The number of aromatic carboxylic acids is 1. The van der Waals surface area contributed by atoms with Crippen LogP contribution in [0.15, 0.2) is 18.2 Å². The average Bonchev–Trinajstić information content (AvgIpc) is 2.77. The second kappa shape index (κ2) is 5.61. The molecule has 1 heterocycles. The SMILES string of the molecule is CC1CCc2c(c(C(=O)O)nn2-c2ccc(Cl)cc2I)C1. The Balaban J connectivity index is 2.19. The summed E-state index contributed by atoms with van der Waals surface area (Å²) in [5.41, 5.74) is 2.97. The van der Waals surface area contributed by atoms with Gasteiger partial charge in [-0.3, -0.25) is 0 Å². The fraction of sp³-hybridized carbons (Fsp3) is 0.333. The number of carboxylic acids is 1. The maximum Gasteiger partial charge on any atom is 0.356 e. The van der Waals surface area contributed by atoms with E-state index in [0.29, 0.717) is 10.9 Å². The van der Waals surface area contributed by atoms with Gasteiger partial charge in [-0.05, 0) is 66.0 Å². The minimum Gasteiger partial charge on any atom is -0.476 e. The van der Waals surface area contributed by atoms with Gasteiger partial charge in [0.1, 0.15) is 0 Å². The van der Waals surface area contributed by atoms with Crippen LogP contribution in [0.2, 0.25) is 5.02 Å². The number of halogens is 2. The van der Waals surface area contributed by atoms with E-state index in [1.54, 1.807) is 10.7 Å². The normalized spacial score (nSPS) is 17.6. The minimum atomic E-state index is -0.955. The Bertz CT molecular complexity index is 727. The molecule has 1 N–H and O–H groups in total. The molecule has 4 nitrogen and oxygen atoms in total. The monoisotopic (exact) mass is 416 g/mol. The summed E-state index contributed by atoms with van der Waals surface area (Å²) in [7, 11) is 0. The molecule has 1 aromatic heterocycles. The van der Waals surface area contributed by atoms with Gasteiger partial charge in [-0.25, -0.2) is 9.48 Å². The molecule has 6 heteroatoms. The van der Waals surface area contributed by atoms with Crippen molar-refractivity contribution >= 4 is 40.2 Å². The zero-order valence-electron chi connectivity index (χ0n) is 11.4. The first-order chi connectivity index (χ1) is 9.97. The van der Waals surface area contributed by atoms with E-state index in [0.717, 1.165) is 39.8 Å². The molecule has 0 saturated carbocycles. The first kappa shape index (κ1) is 14.8. The summed E-state index contributed by atoms with van der Waals surface area (Å²) in [5, 5.41) is 14.4. The lowest BCUT2D eigenvalue weighted by molar-refractivity contribution is 0.0688. The van der Waals surface area contributed by atoms with Gasteiger partial charge in [-0.15, -0.1) is 0 Å². The number of carboxylic acid groups (broad SMARTS) is 1. The summed E-state index contributed by atoms with van der Waals surface area (Å²) in [4.78, 5) is 11.5. The molecule has 1 aromatic carbocycles. The van der Waals surface area contributed by atoms with Crippen molar-refractivity contribution in [2.45, 2.75) is 26.2 Å². The van der Waals surface area contributed by atoms with E-state index in [1.807, 2.05) is 12.1 Å². The minimum absolute atomic E-state index is 0.183. The van der Waals surface area contributed by atoms with Gasteiger partial charge in [0, 0.05) is 19.9 Å². The predicted molar refractivity (Wildman–Crippen MR) is 89.4 cm³/mol. The quantitative estimate of drug-likeness (QED) is 0.754. The molecule has 1 atom stereocenters. The van der Waals surface area contributed by atoms with Crippen LogP contribution >= 0.6 is 34.2 Å². The van der Waals surface area contributed by atoms with Crippen LogP contribution in [0.5, 0.6) is 0 Å². The smallest absolute Gasteiger partial charge is 0.356 e. The highest BCUT2D eigenvalue weighted by Crippen LogP contribution is 2.31. The van der Waals surface area contributed by atoms with Gasteiger partial charge in [0.15, 0.2) is 5.69 Å². The third kappa shape index (κ3) is 2.68. The number of benzene rings is 1. The van der Waals surface area contributed by atoms with Gasteiger partial charge < -0.3 is 5.11 Å². The number of aromatic nitrogens is 2. The molecular weight excluding hydrogens is 403 g/mol. The van der Waals surface area contributed by atoms with Crippen LogP contribution in [-0.2, 0) is 12.8 Å². The zero-order valence-corrected chi connectivity index (χ0v) is 14.3. The summed E-state index contributed by atoms with van der Waals surface area (Å²) < 4.78 is 2.74. The Morgan fingerprint density at radius 3 is 2.95 bits per heavy atom. The van der Waals surface area contributed by atoms with Gasteiger partial charge >= 0.3 is 5.97 Å². The third-order valence-electron chi connectivity index (χ3n) is 3.86. The van der Waals surface area contributed by atoms with Crippen molar-refractivity contribution in [3.05, 3.63) is 43.7 Å². The van der Waals surface area contributed by atoms with Crippen molar-refractivity contribution in [2.75, 3.05) is 0 Å². The number of carbonyl (C=O) groups is 1. The topological polar surface area (TPSA) is 55.1 Å². The molecule has 110 valence electrons.